The minimum Gasteiger partial charge on any atom is -0.323 e. The van der Waals surface area contributed by atoms with Crippen LogP contribution in [0.4, 0.5) is 4.39 Å². The summed E-state index contributed by atoms with van der Waals surface area (Å²) in [7, 11) is 0. The highest BCUT2D eigenvalue weighted by Crippen LogP contribution is 2.18. The van der Waals surface area contributed by atoms with E-state index < -0.39 is 5.83 Å². The molecule has 0 aromatic rings. The van der Waals surface area contributed by atoms with Crippen molar-refractivity contribution in [2.24, 2.45) is 10.9 Å². The number of allylic oxidation sites excluding steroid dienone is 4. The van der Waals surface area contributed by atoms with Gasteiger partial charge in [-0.05, 0) is 12.2 Å². The van der Waals surface area contributed by atoms with Crippen LogP contribution in [0.25, 0.3) is 0 Å². The summed E-state index contributed by atoms with van der Waals surface area (Å²) < 4.78 is 12.8. The number of hydrogen-bond acceptors (Lipinski definition) is 3. The highest BCUT2D eigenvalue weighted by Gasteiger charge is 2.17. The molecule has 0 heterocycles. The Labute approximate surface area is 67.5 Å². The lowest BCUT2D eigenvalue weighted by Gasteiger charge is -2.05. The number of hydrogen-bond donors (Lipinski definition) is 2. The first-order chi connectivity index (χ1) is 5.16. The summed E-state index contributed by atoms with van der Waals surface area (Å²) in [5.74, 6) is 4.08. The third-order valence-corrected chi connectivity index (χ3v) is 1.49. The molecule has 1 aliphatic rings. The first kappa shape index (κ1) is 7.94. The molecule has 0 bridgehead atoms. The number of nitrogens with two attached hydrogens (primary N) is 1. The second-order valence-electron chi connectivity index (χ2n) is 1.89. The van der Waals surface area contributed by atoms with Crippen molar-refractivity contribution in [2.45, 2.75) is 0 Å². The smallest absolute Gasteiger partial charge is 0.171 e. The van der Waals surface area contributed by atoms with Gasteiger partial charge in [-0.3, -0.25) is 5.41 Å². The standard InChI is InChI=1S/C6H5ClFN3/c7-3-1-2-4(9)6(11-10)5(3)8/h1-2,9H,10H2/b9-4?,11-6+. The fourth-order valence-corrected chi connectivity index (χ4v) is 0.819. The second-order valence-corrected chi connectivity index (χ2v) is 2.29. The molecule has 0 atom stereocenters. The van der Waals surface area contributed by atoms with Gasteiger partial charge in [0.05, 0.1) is 10.7 Å². The van der Waals surface area contributed by atoms with Gasteiger partial charge in [-0.1, -0.05) is 11.6 Å². The van der Waals surface area contributed by atoms with Crippen LogP contribution in [-0.4, -0.2) is 11.4 Å². The predicted molar refractivity (Wildman–Crippen MR) is 42.5 cm³/mol. The van der Waals surface area contributed by atoms with Gasteiger partial charge in [-0.15, -0.1) is 0 Å². The Bertz CT molecular complexity index is 290. The SMILES string of the molecule is N=C1C=CC(Cl)=C(F)/C1=N/N. The van der Waals surface area contributed by atoms with Crippen LogP contribution < -0.4 is 5.84 Å². The molecule has 0 saturated heterocycles. The third-order valence-electron chi connectivity index (χ3n) is 1.20. The summed E-state index contributed by atoms with van der Waals surface area (Å²) >= 11 is 5.39. The quantitative estimate of drug-likeness (QED) is 0.324. The van der Waals surface area contributed by atoms with Crippen LogP contribution in [0.3, 0.4) is 0 Å². The van der Waals surface area contributed by atoms with Gasteiger partial charge < -0.3 is 5.84 Å². The van der Waals surface area contributed by atoms with Crippen LogP contribution in [0.15, 0.2) is 28.1 Å². The van der Waals surface area contributed by atoms with Crippen molar-refractivity contribution < 1.29 is 4.39 Å². The van der Waals surface area contributed by atoms with Gasteiger partial charge >= 0.3 is 0 Å². The molecule has 1 rings (SSSR count). The van der Waals surface area contributed by atoms with Crippen LogP contribution in [0, 0.1) is 5.41 Å². The average molecular weight is 174 g/mol. The van der Waals surface area contributed by atoms with Crippen molar-refractivity contribution in [3.8, 4) is 0 Å². The molecular weight excluding hydrogens is 169 g/mol. The molecule has 0 radical (unpaired) electrons. The van der Waals surface area contributed by atoms with E-state index in [1.54, 1.807) is 0 Å². The van der Waals surface area contributed by atoms with Gasteiger partial charge in [0, 0.05) is 0 Å². The van der Waals surface area contributed by atoms with Gasteiger partial charge in [0.1, 0.15) is 5.71 Å². The van der Waals surface area contributed by atoms with Crippen molar-refractivity contribution in [3.63, 3.8) is 0 Å². The lowest BCUT2D eigenvalue weighted by Crippen LogP contribution is -2.17. The van der Waals surface area contributed by atoms with Gasteiger partial charge in [0.15, 0.2) is 5.83 Å². The van der Waals surface area contributed by atoms with E-state index in [1.165, 1.54) is 12.2 Å². The summed E-state index contributed by atoms with van der Waals surface area (Å²) in [5, 5.41) is 10.1. The monoisotopic (exact) mass is 173 g/mol. The number of rotatable bonds is 0. The molecular formula is C6H5ClFN3. The topological polar surface area (TPSA) is 62.2 Å². The zero-order valence-corrected chi connectivity index (χ0v) is 6.19. The number of nitrogens with one attached hydrogen (secondary N) is 1. The van der Waals surface area contributed by atoms with E-state index in [-0.39, 0.29) is 16.5 Å². The van der Waals surface area contributed by atoms with Gasteiger partial charge in [-0.2, -0.15) is 5.10 Å². The summed E-state index contributed by atoms with van der Waals surface area (Å²) in [6, 6.07) is 0. The highest BCUT2D eigenvalue weighted by atomic mass is 35.5. The Morgan fingerprint density at radius 1 is 1.55 bits per heavy atom. The Balaban J connectivity index is 3.17. The summed E-state index contributed by atoms with van der Waals surface area (Å²) in [4.78, 5) is 0. The summed E-state index contributed by atoms with van der Waals surface area (Å²) in [6.45, 7) is 0. The van der Waals surface area contributed by atoms with Crippen molar-refractivity contribution in [1.29, 1.82) is 5.41 Å². The maximum atomic E-state index is 12.8. The molecule has 11 heavy (non-hydrogen) atoms. The molecule has 0 aliphatic heterocycles. The van der Waals surface area contributed by atoms with Crippen LogP contribution in [0.2, 0.25) is 0 Å². The van der Waals surface area contributed by atoms with E-state index in [4.69, 9.17) is 22.9 Å². The minimum absolute atomic E-state index is 0.0746. The molecule has 0 amide bonds. The number of halogens is 2. The minimum atomic E-state index is -0.748. The van der Waals surface area contributed by atoms with E-state index >= 15 is 0 Å². The second kappa shape index (κ2) is 2.84. The third kappa shape index (κ3) is 1.30. The largest absolute Gasteiger partial charge is 0.323 e. The van der Waals surface area contributed by atoms with E-state index in [2.05, 4.69) is 5.10 Å². The Morgan fingerprint density at radius 2 is 2.18 bits per heavy atom. The molecule has 5 heteroatoms. The van der Waals surface area contributed by atoms with E-state index in [9.17, 15) is 4.39 Å². The normalized spacial score (nSPS) is 21.6. The average Bonchev–Trinajstić information content (AvgIpc) is 1.99. The van der Waals surface area contributed by atoms with Crippen molar-refractivity contribution >= 4 is 23.0 Å². The van der Waals surface area contributed by atoms with Crippen LogP contribution in [-0.2, 0) is 0 Å². The van der Waals surface area contributed by atoms with E-state index in [0.29, 0.717) is 0 Å². The molecule has 3 nitrogen and oxygen atoms in total. The highest BCUT2D eigenvalue weighted by molar-refractivity contribution is 6.53. The van der Waals surface area contributed by atoms with Crippen LogP contribution >= 0.6 is 11.6 Å². The maximum absolute atomic E-state index is 12.8. The molecule has 0 aromatic carbocycles. The van der Waals surface area contributed by atoms with E-state index in [0.717, 1.165) is 0 Å². The molecule has 0 aromatic heterocycles. The molecule has 0 unspecified atom stereocenters. The Hall–Kier alpha value is -1.16. The lowest BCUT2D eigenvalue weighted by molar-refractivity contribution is 0.679. The van der Waals surface area contributed by atoms with Gasteiger partial charge in [-0.25, -0.2) is 4.39 Å². The van der Waals surface area contributed by atoms with Crippen molar-refractivity contribution in [1.82, 2.24) is 0 Å². The van der Waals surface area contributed by atoms with Crippen LogP contribution in [0.5, 0.6) is 0 Å². The molecule has 0 fully saturated rings. The Morgan fingerprint density at radius 3 is 2.64 bits per heavy atom. The van der Waals surface area contributed by atoms with Gasteiger partial charge in [0.25, 0.3) is 0 Å². The zero-order valence-electron chi connectivity index (χ0n) is 5.44. The van der Waals surface area contributed by atoms with Crippen LogP contribution in [0.1, 0.15) is 0 Å². The number of nitrogens with zero attached hydrogens (tertiary/aromatic N) is 1. The first-order valence-electron chi connectivity index (χ1n) is 2.77. The molecule has 0 saturated carbocycles. The molecule has 58 valence electrons. The molecule has 1 aliphatic carbocycles. The summed E-state index contributed by atoms with van der Waals surface area (Å²) in [5.41, 5.74) is -0.285. The fourth-order valence-electron chi connectivity index (χ4n) is 0.666. The Kier molecular flexibility index (Phi) is 2.05. The van der Waals surface area contributed by atoms with Crippen molar-refractivity contribution in [3.05, 3.63) is 23.0 Å². The zero-order chi connectivity index (χ0) is 8.43. The lowest BCUT2D eigenvalue weighted by atomic mass is 10.1. The molecule has 0 spiro atoms. The summed E-state index contributed by atoms with van der Waals surface area (Å²) in [6.07, 6.45) is 2.62. The fraction of sp³-hybridized carbons (Fsp3) is 0. The first-order valence-corrected chi connectivity index (χ1v) is 3.15. The van der Waals surface area contributed by atoms with Gasteiger partial charge in [0.2, 0.25) is 0 Å². The predicted octanol–water partition coefficient (Wildman–Crippen LogP) is 1.31. The molecule has 3 N–H and O–H groups in total. The number of hydrazone groups is 1. The van der Waals surface area contributed by atoms with Crippen molar-refractivity contribution in [2.75, 3.05) is 0 Å². The maximum Gasteiger partial charge on any atom is 0.171 e. The van der Waals surface area contributed by atoms with E-state index in [1.807, 2.05) is 0 Å².